The largest absolute Gasteiger partial charge is 0.489 e. The molecular formula is C24H23BrN2O3. The van der Waals surface area contributed by atoms with Crippen molar-refractivity contribution in [3.63, 3.8) is 0 Å². The van der Waals surface area contributed by atoms with E-state index in [9.17, 15) is 4.79 Å². The Bertz CT molecular complexity index is 1070. The zero-order valence-electron chi connectivity index (χ0n) is 16.7. The zero-order valence-corrected chi connectivity index (χ0v) is 18.3. The maximum Gasteiger partial charge on any atom is 0.281 e. The first kappa shape index (κ1) is 21.6. The van der Waals surface area contributed by atoms with Gasteiger partial charge in [-0.1, -0.05) is 62.0 Å². The molecule has 154 valence electrons. The molecule has 0 spiro atoms. The summed E-state index contributed by atoms with van der Waals surface area (Å²) in [5, 5.41) is 6.19. The molecule has 0 aliphatic carbocycles. The molecule has 0 radical (unpaired) electrons. The second-order valence-electron chi connectivity index (χ2n) is 6.49. The molecule has 0 aliphatic rings. The van der Waals surface area contributed by atoms with E-state index < -0.39 is 6.10 Å². The lowest BCUT2D eigenvalue weighted by Crippen LogP contribution is -2.35. The Morgan fingerprint density at radius 2 is 1.90 bits per heavy atom. The first-order chi connectivity index (χ1) is 14.6. The predicted octanol–water partition coefficient (Wildman–Crippen LogP) is 5.47. The number of hydrogen-bond donors (Lipinski definition) is 1. The lowest BCUT2D eigenvalue weighted by atomic mass is 10.1. The summed E-state index contributed by atoms with van der Waals surface area (Å²) in [7, 11) is 0. The van der Waals surface area contributed by atoms with E-state index in [-0.39, 0.29) is 5.91 Å². The molecule has 3 aromatic carbocycles. The van der Waals surface area contributed by atoms with Crippen molar-refractivity contribution in [1.29, 1.82) is 0 Å². The number of halogens is 1. The third-order valence-corrected chi connectivity index (χ3v) is 5.23. The fourth-order valence-corrected chi connectivity index (χ4v) is 3.47. The Hall–Kier alpha value is -3.12. The van der Waals surface area contributed by atoms with Gasteiger partial charge in [-0.2, -0.15) is 5.10 Å². The molecule has 0 saturated heterocycles. The number of fused-ring (bicyclic) bond motifs is 1. The van der Waals surface area contributed by atoms with Crippen LogP contribution in [-0.2, 0) is 4.79 Å². The Kier molecular flexibility index (Phi) is 7.63. The molecule has 0 heterocycles. The number of amides is 1. The molecule has 0 aliphatic heterocycles. The van der Waals surface area contributed by atoms with E-state index in [2.05, 4.69) is 33.0 Å². The van der Waals surface area contributed by atoms with Gasteiger partial charge >= 0.3 is 0 Å². The van der Waals surface area contributed by atoms with Crippen molar-refractivity contribution in [3.8, 4) is 11.5 Å². The van der Waals surface area contributed by atoms with E-state index in [4.69, 9.17) is 9.47 Å². The van der Waals surface area contributed by atoms with Crippen LogP contribution in [0.5, 0.6) is 11.5 Å². The molecule has 6 heteroatoms. The Morgan fingerprint density at radius 3 is 2.70 bits per heavy atom. The third-order valence-electron chi connectivity index (χ3n) is 4.41. The molecule has 1 N–H and O–H groups in total. The van der Waals surface area contributed by atoms with Crippen LogP contribution in [0.3, 0.4) is 0 Å². The van der Waals surface area contributed by atoms with E-state index in [1.807, 2.05) is 67.6 Å². The minimum atomic E-state index is -0.674. The number of ether oxygens (including phenoxy) is 2. The van der Waals surface area contributed by atoms with Gasteiger partial charge in [0.2, 0.25) is 0 Å². The van der Waals surface area contributed by atoms with Crippen molar-refractivity contribution in [2.75, 3.05) is 6.61 Å². The molecule has 1 unspecified atom stereocenters. The maximum atomic E-state index is 12.6. The minimum Gasteiger partial charge on any atom is -0.489 e. The van der Waals surface area contributed by atoms with E-state index in [0.29, 0.717) is 24.5 Å². The summed E-state index contributed by atoms with van der Waals surface area (Å²) < 4.78 is 12.4. The number of nitrogens with one attached hydrogen (secondary N) is 1. The average molecular weight is 467 g/mol. The summed E-state index contributed by atoms with van der Waals surface area (Å²) >= 11 is 3.59. The molecule has 3 rings (SSSR count). The van der Waals surface area contributed by atoms with Crippen molar-refractivity contribution < 1.29 is 14.3 Å². The quantitative estimate of drug-likeness (QED) is 0.258. The molecular weight excluding hydrogens is 444 g/mol. The van der Waals surface area contributed by atoms with Gasteiger partial charge in [0.25, 0.3) is 5.91 Å². The van der Waals surface area contributed by atoms with Crippen LogP contribution in [0.1, 0.15) is 18.9 Å². The van der Waals surface area contributed by atoms with Gasteiger partial charge < -0.3 is 9.47 Å². The number of benzene rings is 3. The van der Waals surface area contributed by atoms with Gasteiger partial charge in [-0.05, 0) is 51.3 Å². The number of hydrazone groups is 1. The SMILES string of the molecule is C=CCOc1ccccc1C=NNC(=O)C(CC)Oc1ccc2ccccc2c1Br. The molecule has 0 bridgehead atoms. The van der Waals surface area contributed by atoms with Crippen LogP contribution in [0.15, 0.2) is 82.9 Å². The van der Waals surface area contributed by atoms with Crippen molar-refractivity contribution in [2.24, 2.45) is 5.10 Å². The highest BCUT2D eigenvalue weighted by Gasteiger charge is 2.19. The molecule has 5 nitrogen and oxygen atoms in total. The van der Waals surface area contributed by atoms with Crippen LogP contribution in [0.2, 0.25) is 0 Å². The lowest BCUT2D eigenvalue weighted by molar-refractivity contribution is -0.128. The van der Waals surface area contributed by atoms with Crippen LogP contribution >= 0.6 is 15.9 Å². The van der Waals surface area contributed by atoms with E-state index >= 15 is 0 Å². The number of nitrogens with zero attached hydrogens (tertiary/aromatic N) is 1. The summed E-state index contributed by atoms with van der Waals surface area (Å²) in [6.07, 6.45) is 3.05. The smallest absolute Gasteiger partial charge is 0.281 e. The summed E-state index contributed by atoms with van der Waals surface area (Å²) in [6, 6.07) is 19.2. The number of rotatable bonds is 9. The molecule has 0 saturated carbocycles. The number of hydrogen-bond acceptors (Lipinski definition) is 4. The van der Waals surface area contributed by atoms with Crippen LogP contribution < -0.4 is 14.9 Å². The monoisotopic (exact) mass is 466 g/mol. The highest BCUT2D eigenvalue weighted by atomic mass is 79.9. The van der Waals surface area contributed by atoms with Gasteiger partial charge in [0, 0.05) is 5.56 Å². The van der Waals surface area contributed by atoms with Gasteiger partial charge in [-0.3, -0.25) is 4.79 Å². The maximum absolute atomic E-state index is 12.6. The second kappa shape index (κ2) is 10.6. The summed E-state index contributed by atoms with van der Waals surface area (Å²) in [4.78, 5) is 12.6. The summed E-state index contributed by atoms with van der Waals surface area (Å²) in [5.74, 6) is 0.958. The third kappa shape index (κ3) is 5.27. The molecule has 30 heavy (non-hydrogen) atoms. The first-order valence-electron chi connectivity index (χ1n) is 9.63. The number of para-hydroxylation sites is 1. The van der Waals surface area contributed by atoms with E-state index in [1.54, 1.807) is 12.3 Å². The Morgan fingerprint density at radius 1 is 1.13 bits per heavy atom. The van der Waals surface area contributed by atoms with Crippen LogP contribution in [-0.4, -0.2) is 24.8 Å². The van der Waals surface area contributed by atoms with Crippen LogP contribution in [0.25, 0.3) is 10.8 Å². The summed E-state index contributed by atoms with van der Waals surface area (Å²) in [5.41, 5.74) is 3.31. The molecule has 0 aromatic heterocycles. The normalized spacial score (nSPS) is 11.9. The summed E-state index contributed by atoms with van der Waals surface area (Å²) in [6.45, 7) is 5.93. The van der Waals surface area contributed by atoms with Crippen molar-refractivity contribution in [3.05, 3.63) is 83.4 Å². The second-order valence-corrected chi connectivity index (χ2v) is 7.28. The zero-order chi connectivity index (χ0) is 21.3. The lowest BCUT2D eigenvalue weighted by Gasteiger charge is -2.17. The number of carbonyl (C=O) groups is 1. The molecule has 1 atom stereocenters. The van der Waals surface area contributed by atoms with Gasteiger partial charge in [0.15, 0.2) is 6.10 Å². The standard InChI is InChI=1S/C24H23BrN2O3/c1-3-15-29-21-12-8-6-10-18(21)16-26-27-24(28)20(4-2)30-22-14-13-17-9-5-7-11-19(17)23(22)25/h3,5-14,16,20H,1,4,15H2,2H3,(H,27,28). The predicted molar refractivity (Wildman–Crippen MR) is 124 cm³/mol. The van der Waals surface area contributed by atoms with Gasteiger partial charge in [-0.15, -0.1) is 0 Å². The minimum absolute atomic E-state index is 0.321. The van der Waals surface area contributed by atoms with Gasteiger partial charge in [0.05, 0.1) is 10.7 Å². The number of carbonyl (C=O) groups excluding carboxylic acids is 1. The van der Waals surface area contributed by atoms with Gasteiger partial charge in [0.1, 0.15) is 18.1 Å². The first-order valence-corrected chi connectivity index (χ1v) is 10.4. The van der Waals surface area contributed by atoms with Crippen molar-refractivity contribution in [2.45, 2.75) is 19.4 Å². The fourth-order valence-electron chi connectivity index (χ4n) is 2.88. The topological polar surface area (TPSA) is 59.9 Å². The average Bonchev–Trinajstić information content (AvgIpc) is 2.78. The highest BCUT2D eigenvalue weighted by molar-refractivity contribution is 9.10. The fraction of sp³-hybridized carbons (Fsp3) is 0.167. The van der Waals surface area contributed by atoms with E-state index in [1.165, 1.54) is 0 Å². The van der Waals surface area contributed by atoms with Gasteiger partial charge in [-0.25, -0.2) is 5.43 Å². The molecule has 0 fully saturated rings. The van der Waals surface area contributed by atoms with Crippen LogP contribution in [0, 0.1) is 0 Å². The van der Waals surface area contributed by atoms with Crippen molar-refractivity contribution >= 4 is 38.8 Å². The Balaban J connectivity index is 1.68. The molecule has 1 amide bonds. The Labute approximate surface area is 184 Å². The van der Waals surface area contributed by atoms with Crippen LogP contribution in [0.4, 0.5) is 0 Å². The molecule has 3 aromatic rings. The van der Waals surface area contributed by atoms with Crippen molar-refractivity contribution in [1.82, 2.24) is 5.43 Å². The highest BCUT2D eigenvalue weighted by Crippen LogP contribution is 2.33. The van der Waals surface area contributed by atoms with E-state index in [0.717, 1.165) is 20.8 Å².